The van der Waals surface area contributed by atoms with E-state index in [2.05, 4.69) is 46.8 Å². The number of thioether (sulfide) groups is 1. The topological polar surface area (TPSA) is 66.9 Å². The first-order chi connectivity index (χ1) is 12.0. The molecule has 1 atom stereocenters. The molecule has 1 aliphatic rings. The molecule has 0 bridgehead atoms. The van der Waals surface area contributed by atoms with Crippen molar-refractivity contribution in [3.05, 3.63) is 29.3 Å². The van der Waals surface area contributed by atoms with Crippen LogP contribution in [-0.4, -0.2) is 27.4 Å². The predicted molar refractivity (Wildman–Crippen MR) is 105 cm³/mol. The molecule has 1 aromatic heterocycles. The molecule has 3 rings (SSSR count). The second-order valence-corrected chi connectivity index (χ2v) is 9.11. The van der Waals surface area contributed by atoms with Gasteiger partial charge in [-0.1, -0.05) is 42.0 Å². The molecule has 1 saturated carbocycles. The van der Waals surface area contributed by atoms with Gasteiger partial charge in [-0.2, -0.15) is 0 Å². The normalized spacial score (nSPS) is 16.0. The maximum Gasteiger partial charge on any atom is 0.233 e. The van der Waals surface area contributed by atoms with Gasteiger partial charge in [0.25, 0.3) is 0 Å². The second-order valence-electron chi connectivity index (χ2n) is 6.55. The molecule has 1 amide bonds. The SMILES string of the molecule is Cc1ccc(Nc2nnc(SC(C)C(=O)NC3CCCC3)s2)cc1C. The third-order valence-electron chi connectivity index (χ3n) is 4.51. The molecule has 1 fully saturated rings. The predicted octanol–water partition coefficient (Wildman–Crippen LogP) is 4.44. The van der Waals surface area contributed by atoms with Crippen molar-refractivity contribution in [2.24, 2.45) is 0 Å². The molecule has 134 valence electrons. The Morgan fingerprint density at radius 2 is 2.00 bits per heavy atom. The van der Waals surface area contributed by atoms with Crippen LogP contribution in [0, 0.1) is 13.8 Å². The average Bonchev–Trinajstić information content (AvgIpc) is 3.23. The van der Waals surface area contributed by atoms with Gasteiger partial charge in [-0.05, 0) is 56.9 Å². The number of rotatable bonds is 6. The first kappa shape index (κ1) is 18.2. The molecule has 1 heterocycles. The molecule has 1 aromatic carbocycles. The number of hydrogen-bond acceptors (Lipinski definition) is 6. The number of benzene rings is 1. The maximum absolute atomic E-state index is 12.3. The average molecular weight is 377 g/mol. The molecule has 2 aromatic rings. The van der Waals surface area contributed by atoms with Crippen LogP contribution in [0.5, 0.6) is 0 Å². The highest BCUT2D eigenvalue weighted by atomic mass is 32.2. The highest BCUT2D eigenvalue weighted by Crippen LogP contribution is 2.31. The molecular formula is C18H24N4OS2. The summed E-state index contributed by atoms with van der Waals surface area (Å²) in [5.41, 5.74) is 3.50. The summed E-state index contributed by atoms with van der Waals surface area (Å²) in [7, 11) is 0. The fourth-order valence-electron chi connectivity index (χ4n) is 2.84. The van der Waals surface area contributed by atoms with Crippen molar-refractivity contribution >= 4 is 39.8 Å². The van der Waals surface area contributed by atoms with Crippen LogP contribution >= 0.6 is 23.1 Å². The van der Waals surface area contributed by atoms with Crippen molar-refractivity contribution < 1.29 is 4.79 Å². The Morgan fingerprint density at radius 1 is 1.24 bits per heavy atom. The molecule has 5 nitrogen and oxygen atoms in total. The Kier molecular flexibility index (Phi) is 5.96. The zero-order valence-corrected chi connectivity index (χ0v) is 16.5. The first-order valence-corrected chi connectivity index (χ1v) is 10.4. The maximum atomic E-state index is 12.3. The number of carbonyl (C=O) groups excluding carboxylic acids is 1. The molecule has 0 spiro atoms. The van der Waals surface area contributed by atoms with Crippen molar-refractivity contribution in [1.29, 1.82) is 0 Å². The van der Waals surface area contributed by atoms with E-state index in [1.807, 2.05) is 13.0 Å². The Bertz CT molecular complexity index is 740. The van der Waals surface area contributed by atoms with Crippen LogP contribution in [0.25, 0.3) is 0 Å². The van der Waals surface area contributed by atoms with Crippen LogP contribution in [0.2, 0.25) is 0 Å². The molecule has 25 heavy (non-hydrogen) atoms. The summed E-state index contributed by atoms with van der Waals surface area (Å²) in [6, 6.07) is 6.58. The highest BCUT2D eigenvalue weighted by Gasteiger charge is 2.22. The molecule has 0 aliphatic heterocycles. The number of carbonyl (C=O) groups is 1. The Balaban J connectivity index is 1.55. The number of aryl methyl sites for hydroxylation is 2. The first-order valence-electron chi connectivity index (χ1n) is 8.66. The Hall–Kier alpha value is -1.60. The lowest BCUT2D eigenvalue weighted by Gasteiger charge is -2.15. The van der Waals surface area contributed by atoms with E-state index >= 15 is 0 Å². The van der Waals surface area contributed by atoms with Crippen molar-refractivity contribution in [2.75, 3.05) is 5.32 Å². The van der Waals surface area contributed by atoms with Crippen LogP contribution < -0.4 is 10.6 Å². The minimum absolute atomic E-state index is 0.0933. The van der Waals surface area contributed by atoms with E-state index < -0.39 is 0 Å². The fourth-order valence-corrected chi connectivity index (χ4v) is 4.77. The summed E-state index contributed by atoms with van der Waals surface area (Å²) in [6.07, 6.45) is 4.64. The van der Waals surface area contributed by atoms with Crippen molar-refractivity contribution in [2.45, 2.75) is 62.1 Å². The van der Waals surface area contributed by atoms with Crippen molar-refractivity contribution in [1.82, 2.24) is 15.5 Å². The number of amides is 1. The third-order valence-corrected chi connectivity index (χ3v) is 6.54. The highest BCUT2D eigenvalue weighted by molar-refractivity contribution is 8.02. The molecule has 2 N–H and O–H groups in total. The number of hydrogen-bond donors (Lipinski definition) is 2. The van der Waals surface area contributed by atoms with Crippen molar-refractivity contribution in [3.8, 4) is 0 Å². The van der Waals surface area contributed by atoms with Gasteiger partial charge in [0.05, 0.1) is 5.25 Å². The number of aromatic nitrogens is 2. The number of nitrogens with zero attached hydrogens (tertiary/aromatic N) is 2. The van der Waals surface area contributed by atoms with E-state index in [0.717, 1.165) is 28.0 Å². The number of anilines is 2. The Morgan fingerprint density at radius 3 is 2.72 bits per heavy atom. The summed E-state index contributed by atoms with van der Waals surface area (Å²) in [5.74, 6) is 0.0933. The van der Waals surface area contributed by atoms with Crippen LogP contribution in [0.4, 0.5) is 10.8 Å². The lowest BCUT2D eigenvalue weighted by Crippen LogP contribution is -2.37. The molecular weight excluding hydrogens is 352 g/mol. The van der Waals surface area contributed by atoms with Crippen LogP contribution in [-0.2, 0) is 4.79 Å². The summed E-state index contributed by atoms with van der Waals surface area (Å²) < 4.78 is 0.806. The van der Waals surface area contributed by atoms with Gasteiger partial charge in [0.15, 0.2) is 4.34 Å². The molecule has 0 saturated heterocycles. The van der Waals surface area contributed by atoms with Crippen molar-refractivity contribution in [3.63, 3.8) is 0 Å². The standard InChI is InChI=1S/C18H24N4OS2/c1-11-8-9-15(10-12(11)2)20-17-21-22-18(25-17)24-13(3)16(23)19-14-6-4-5-7-14/h8-10,13-14H,4-7H2,1-3H3,(H,19,23)(H,20,21). The molecule has 1 unspecified atom stereocenters. The monoisotopic (exact) mass is 376 g/mol. The lowest BCUT2D eigenvalue weighted by atomic mass is 10.1. The summed E-state index contributed by atoms with van der Waals surface area (Å²) in [6.45, 7) is 6.11. The Labute approximate surface area is 157 Å². The summed E-state index contributed by atoms with van der Waals surface area (Å²) >= 11 is 2.94. The van der Waals surface area contributed by atoms with Gasteiger partial charge in [-0.25, -0.2) is 0 Å². The van der Waals surface area contributed by atoms with E-state index in [9.17, 15) is 4.79 Å². The van der Waals surface area contributed by atoms with E-state index in [0.29, 0.717) is 6.04 Å². The molecule has 1 aliphatic carbocycles. The quantitative estimate of drug-likeness (QED) is 0.730. The van der Waals surface area contributed by atoms with Gasteiger partial charge in [-0.3, -0.25) is 4.79 Å². The van der Waals surface area contributed by atoms with E-state index in [-0.39, 0.29) is 11.2 Å². The second kappa shape index (κ2) is 8.19. The third kappa shape index (κ3) is 4.95. The minimum atomic E-state index is -0.164. The lowest BCUT2D eigenvalue weighted by molar-refractivity contribution is -0.120. The fraction of sp³-hybridized carbons (Fsp3) is 0.500. The van der Waals surface area contributed by atoms with E-state index in [4.69, 9.17) is 0 Å². The number of nitrogens with one attached hydrogen (secondary N) is 2. The van der Waals surface area contributed by atoms with Gasteiger partial charge in [0, 0.05) is 11.7 Å². The molecule has 7 heteroatoms. The summed E-state index contributed by atoms with van der Waals surface area (Å²) in [4.78, 5) is 12.3. The van der Waals surface area contributed by atoms with Gasteiger partial charge in [0.1, 0.15) is 0 Å². The summed E-state index contributed by atoms with van der Waals surface area (Å²) in [5, 5.41) is 15.4. The van der Waals surface area contributed by atoms with Gasteiger partial charge in [-0.15, -0.1) is 10.2 Å². The van der Waals surface area contributed by atoms with Crippen LogP contribution in [0.3, 0.4) is 0 Å². The van der Waals surface area contributed by atoms with Gasteiger partial charge < -0.3 is 10.6 Å². The van der Waals surface area contributed by atoms with E-state index in [1.165, 1.54) is 47.1 Å². The van der Waals surface area contributed by atoms with E-state index in [1.54, 1.807) is 0 Å². The van der Waals surface area contributed by atoms with Gasteiger partial charge in [0.2, 0.25) is 11.0 Å². The smallest absolute Gasteiger partial charge is 0.233 e. The largest absolute Gasteiger partial charge is 0.352 e. The van der Waals surface area contributed by atoms with Crippen LogP contribution in [0.15, 0.2) is 22.5 Å². The van der Waals surface area contributed by atoms with Gasteiger partial charge >= 0.3 is 0 Å². The minimum Gasteiger partial charge on any atom is -0.352 e. The zero-order chi connectivity index (χ0) is 17.8. The molecule has 0 radical (unpaired) electrons. The zero-order valence-electron chi connectivity index (χ0n) is 14.8. The van der Waals surface area contributed by atoms with Crippen LogP contribution in [0.1, 0.15) is 43.7 Å².